The van der Waals surface area contributed by atoms with Gasteiger partial charge in [-0.2, -0.15) is 0 Å². The molecule has 0 rings (SSSR count). The van der Waals surface area contributed by atoms with Crippen LogP contribution in [0.2, 0.25) is 0 Å². The topological polar surface area (TPSA) is 17.1 Å². The van der Waals surface area contributed by atoms with Gasteiger partial charge in [-0.1, -0.05) is 26.8 Å². The summed E-state index contributed by atoms with van der Waals surface area (Å²) in [6, 6.07) is 0. The van der Waals surface area contributed by atoms with Gasteiger partial charge in [0.1, 0.15) is 0 Å². The molecule has 0 saturated heterocycles. The molecule has 0 spiro atoms. The van der Waals surface area contributed by atoms with Crippen molar-refractivity contribution in [2.45, 2.75) is 27.2 Å². The Morgan fingerprint density at radius 1 is 1.64 bits per heavy atom. The minimum Gasteiger partial charge on any atom is -0.281 e. The minimum atomic E-state index is -0.266. The molecule has 0 heterocycles. The fourth-order valence-electron chi connectivity index (χ4n) is 0.953. The van der Waals surface area contributed by atoms with Crippen LogP contribution in [-0.4, -0.2) is 5.24 Å². The first-order chi connectivity index (χ1) is 4.89. The largest absolute Gasteiger partial charge is 0.281 e. The van der Waals surface area contributed by atoms with Crippen LogP contribution in [0.3, 0.4) is 0 Å². The molecule has 0 aromatic rings. The third kappa shape index (κ3) is 3.57. The first-order valence-electron chi connectivity index (χ1n) is 3.70. The Bertz CT molecular complexity index is 155. The van der Waals surface area contributed by atoms with Crippen LogP contribution >= 0.6 is 11.6 Å². The summed E-state index contributed by atoms with van der Waals surface area (Å²) in [5, 5.41) is -0.266. The van der Waals surface area contributed by atoms with E-state index < -0.39 is 0 Å². The van der Waals surface area contributed by atoms with Crippen molar-refractivity contribution in [3.8, 4) is 0 Å². The third-order valence-electron chi connectivity index (χ3n) is 1.72. The smallest absolute Gasteiger partial charge is 0.225 e. The summed E-state index contributed by atoms with van der Waals surface area (Å²) in [5.41, 5.74) is -0.0625. The summed E-state index contributed by atoms with van der Waals surface area (Å²) in [5.74, 6) is -0.110. The molecule has 64 valence electrons. The van der Waals surface area contributed by atoms with E-state index in [4.69, 9.17) is 11.6 Å². The second-order valence-electron chi connectivity index (χ2n) is 3.75. The average molecular weight is 175 g/mol. The Kier molecular flexibility index (Phi) is 3.81. The molecule has 0 aliphatic rings. The summed E-state index contributed by atoms with van der Waals surface area (Å²) >= 11 is 5.42. The van der Waals surface area contributed by atoms with E-state index >= 15 is 0 Å². The molecule has 0 aliphatic carbocycles. The maximum Gasteiger partial charge on any atom is 0.225 e. The number of halogens is 1. The maximum absolute atomic E-state index is 10.9. The SMILES string of the molecule is C=CCC(C(=O)Cl)C(C)(C)C. The molecule has 1 atom stereocenters. The highest BCUT2D eigenvalue weighted by Gasteiger charge is 2.28. The molecule has 0 aromatic heterocycles. The van der Waals surface area contributed by atoms with Gasteiger partial charge in [0.25, 0.3) is 0 Å². The van der Waals surface area contributed by atoms with Crippen molar-refractivity contribution in [1.82, 2.24) is 0 Å². The monoisotopic (exact) mass is 174 g/mol. The quantitative estimate of drug-likeness (QED) is 0.475. The molecule has 0 N–H and O–H groups in total. The van der Waals surface area contributed by atoms with Gasteiger partial charge in [-0.05, 0) is 23.4 Å². The van der Waals surface area contributed by atoms with E-state index in [1.54, 1.807) is 6.08 Å². The van der Waals surface area contributed by atoms with Crippen molar-refractivity contribution in [1.29, 1.82) is 0 Å². The van der Waals surface area contributed by atoms with Crippen molar-refractivity contribution < 1.29 is 4.79 Å². The van der Waals surface area contributed by atoms with Gasteiger partial charge < -0.3 is 0 Å². The van der Waals surface area contributed by atoms with Crippen LogP contribution < -0.4 is 0 Å². The molecule has 0 aliphatic heterocycles. The number of rotatable bonds is 3. The predicted molar refractivity (Wildman–Crippen MR) is 48.6 cm³/mol. The Balaban J connectivity index is 4.34. The van der Waals surface area contributed by atoms with Crippen LogP contribution in [0.4, 0.5) is 0 Å². The van der Waals surface area contributed by atoms with Crippen molar-refractivity contribution in [2.75, 3.05) is 0 Å². The van der Waals surface area contributed by atoms with Crippen LogP contribution in [0.25, 0.3) is 0 Å². The molecule has 0 radical (unpaired) electrons. The lowest BCUT2D eigenvalue weighted by molar-refractivity contribution is -0.117. The normalized spacial score (nSPS) is 14.2. The zero-order valence-electron chi connectivity index (χ0n) is 7.36. The van der Waals surface area contributed by atoms with E-state index in [2.05, 4.69) is 6.58 Å². The average Bonchev–Trinajstić information content (AvgIpc) is 1.79. The number of carbonyl (C=O) groups is 1. The lowest BCUT2D eigenvalue weighted by Crippen LogP contribution is -2.24. The number of allylic oxidation sites excluding steroid dienone is 1. The number of hydrogen-bond donors (Lipinski definition) is 0. The zero-order valence-corrected chi connectivity index (χ0v) is 8.11. The van der Waals surface area contributed by atoms with Gasteiger partial charge in [0.15, 0.2) is 0 Å². The van der Waals surface area contributed by atoms with Gasteiger partial charge >= 0.3 is 0 Å². The Labute approximate surface area is 73.4 Å². The van der Waals surface area contributed by atoms with Crippen molar-refractivity contribution in [2.24, 2.45) is 11.3 Å². The van der Waals surface area contributed by atoms with Crippen molar-refractivity contribution >= 4 is 16.8 Å². The summed E-state index contributed by atoms with van der Waals surface area (Å²) in [6.45, 7) is 9.59. The van der Waals surface area contributed by atoms with Crippen LogP contribution in [0.15, 0.2) is 12.7 Å². The molecule has 0 saturated carbocycles. The second-order valence-corrected chi connectivity index (χ2v) is 4.12. The molecule has 0 bridgehead atoms. The summed E-state index contributed by atoms with van der Waals surface area (Å²) < 4.78 is 0. The summed E-state index contributed by atoms with van der Waals surface area (Å²) in [4.78, 5) is 10.9. The first kappa shape index (κ1) is 10.7. The van der Waals surface area contributed by atoms with E-state index in [9.17, 15) is 4.79 Å². The number of hydrogen-bond acceptors (Lipinski definition) is 1. The molecular formula is C9H15ClO. The molecule has 2 heteroatoms. The lowest BCUT2D eigenvalue weighted by Gasteiger charge is -2.26. The summed E-state index contributed by atoms with van der Waals surface area (Å²) in [7, 11) is 0. The molecule has 0 amide bonds. The Hall–Kier alpha value is -0.300. The number of carbonyl (C=O) groups excluding carboxylic acids is 1. The second kappa shape index (κ2) is 3.91. The Morgan fingerprint density at radius 3 is 2.18 bits per heavy atom. The Morgan fingerprint density at radius 2 is 2.09 bits per heavy atom. The molecular weight excluding hydrogens is 160 g/mol. The maximum atomic E-state index is 10.9. The highest BCUT2D eigenvalue weighted by atomic mass is 35.5. The van der Waals surface area contributed by atoms with Gasteiger partial charge in [0, 0.05) is 5.92 Å². The van der Waals surface area contributed by atoms with Gasteiger partial charge in [-0.25, -0.2) is 0 Å². The molecule has 0 aromatic carbocycles. The first-order valence-corrected chi connectivity index (χ1v) is 4.07. The van der Waals surface area contributed by atoms with E-state index in [0.29, 0.717) is 6.42 Å². The summed E-state index contributed by atoms with van der Waals surface area (Å²) in [6.07, 6.45) is 2.39. The molecule has 11 heavy (non-hydrogen) atoms. The lowest BCUT2D eigenvalue weighted by atomic mass is 9.80. The predicted octanol–water partition coefficient (Wildman–Crippen LogP) is 2.99. The van der Waals surface area contributed by atoms with Crippen LogP contribution in [-0.2, 0) is 4.79 Å². The highest BCUT2D eigenvalue weighted by molar-refractivity contribution is 6.64. The van der Waals surface area contributed by atoms with Crippen LogP contribution in [0.1, 0.15) is 27.2 Å². The van der Waals surface area contributed by atoms with E-state index in [1.165, 1.54) is 0 Å². The van der Waals surface area contributed by atoms with E-state index in [-0.39, 0.29) is 16.6 Å². The van der Waals surface area contributed by atoms with Gasteiger partial charge in [0.05, 0.1) is 0 Å². The minimum absolute atomic E-state index is 0.0625. The van der Waals surface area contributed by atoms with Crippen LogP contribution in [0, 0.1) is 11.3 Å². The van der Waals surface area contributed by atoms with E-state index in [1.807, 2.05) is 20.8 Å². The highest BCUT2D eigenvalue weighted by Crippen LogP contribution is 2.30. The van der Waals surface area contributed by atoms with Gasteiger partial charge in [-0.15, -0.1) is 6.58 Å². The standard InChI is InChI=1S/C9H15ClO/c1-5-6-7(8(10)11)9(2,3)4/h5,7H,1,6H2,2-4H3. The fraction of sp³-hybridized carbons (Fsp3) is 0.667. The third-order valence-corrected chi connectivity index (χ3v) is 1.99. The van der Waals surface area contributed by atoms with Gasteiger partial charge in [0.2, 0.25) is 5.24 Å². The van der Waals surface area contributed by atoms with Gasteiger partial charge in [-0.3, -0.25) is 4.79 Å². The van der Waals surface area contributed by atoms with Crippen molar-refractivity contribution in [3.05, 3.63) is 12.7 Å². The zero-order chi connectivity index (χ0) is 9.07. The van der Waals surface area contributed by atoms with Crippen LogP contribution in [0.5, 0.6) is 0 Å². The van der Waals surface area contributed by atoms with E-state index in [0.717, 1.165) is 0 Å². The molecule has 1 unspecified atom stereocenters. The fourth-order valence-corrected chi connectivity index (χ4v) is 1.37. The van der Waals surface area contributed by atoms with Crippen molar-refractivity contribution in [3.63, 3.8) is 0 Å². The molecule has 1 nitrogen and oxygen atoms in total. The molecule has 0 fully saturated rings.